The highest BCUT2D eigenvalue weighted by Crippen LogP contribution is 2.27. The quantitative estimate of drug-likeness (QED) is 0.729. The first kappa shape index (κ1) is 23.2. The van der Waals surface area contributed by atoms with Crippen LogP contribution in [0.15, 0.2) is 29.2 Å². The summed E-state index contributed by atoms with van der Waals surface area (Å²) in [5, 5.41) is 2.73. The molecule has 0 aromatic heterocycles. The van der Waals surface area contributed by atoms with E-state index in [2.05, 4.69) is 19.2 Å². The van der Waals surface area contributed by atoms with Crippen molar-refractivity contribution >= 4 is 31.6 Å². The van der Waals surface area contributed by atoms with Crippen LogP contribution in [0.25, 0.3) is 0 Å². The second-order valence-electron chi connectivity index (χ2n) is 8.67. The molecule has 3 rings (SSSR count). The van der Waals surface area contributed by atoms with E-state index in [4.69, 9.17) is 0 Å². The van der Waals surface area contributed by atoms with E-state index in [1.165, 1.54) is 20.7 Å². The maximum absolute atomic E-state index is 13.0. The molecule has 0 spiro atoms. The van der Waals surface area contributed by atoms with Gasteiger partial charge in [0, 0.05) is 25.3 Å². The topological polar surface area (TPSA) is 104 Å². The van der Waals surface area contributed by atoms with Crippen molar-refractivity contribution in [3.63, 3.8) is 0 Å². The highest BCUT2D eigenvalue weighted by Gasteiger charge is 2.35. The monoisotopic (exact) mass is 457 g/mol. The number of amides is 1. The van der Waals surface area contributed by atoms with Gasteiger partial charge in [-0.1, -0.05) is 20.3 Å². The predicted molar refractivity (Wildman–Crippen MR) is 116 cm³/mol. The summed E-state index contributed by atoms with van der Waals surface area (Å²) in [6.07, 6.45) is 4.12. The van der Waals surface area contributed by atoms with Gasteiger partial charge in [-0.05, 0) is 55.4 Å². The molecule has 2 saturated heterocycles. The minimum absolute atomic E-state index is 0.192. The molecule has 0 bridgehead atoms. The Kier molecular flexibility index (Phi) is 6.91. The molecular weight excluding hydrogens is 426 g/mol. The zero-order chi connectivity index (χ0) is 22.1. The number of benzene rings is 1. The van der Waals surface area contributed by atoms with E-state index in [0.717, 1.165) is 25.5 Å². The predicted octanol–water partition coefficient (Wildman–Crippen LogP) is 2.11. The molecule has 0 aliphatic carbocycles. The van der Waals surface area contributed by atoms with Gasteiger partial charge < -0.3 is 5.32 Å². The van der Waals surface area contributed by atoms with Crippen molar-refractivity contribution in [1.29, 1.82) is 0 Å². The number of carbonyl (C=O) groups is 1. The van der Waals surface area contributed by atoms with E-state index >= 15 is 0 Å². The van der Waals surface area contributed by atoms with Crippen LogP contribution in [-0.4, -0.2) is 63.3 Å². The summed E-state index contributed by atoms with van der Waals surface area (Å²) in [6.45, 7) is 5.47. The highest BCUT2D eigenvalue weighted by molar-refractivity contribution is 7.89. The summed E-state index contributed by atoms with van der Waals surface area (Å²) < 4.78 is 52.7. The molecular formula is C20H31N3O5S2. The lowest BCUT2D eigenvalue weighted by molar-refractivity contribution is -0.120. The van der Waals surface area contributed by atoms with Crippen molar-refractivity contribution in [3.8, 4) is 0 Å². The fraction of sp³-hybridized carbons (Fsp3) is 0.650. The third-order valence-electron chi connectivity index (χ3n) is 5.78. The summed E-state index contributed by atoms with van der Waals surface area (Å²) >= 11 is 0. The van der Waals surface area contributed by atoms with Crippen LogP contribution < -0.4 is 5.32 Å². The lowest BCUT2D eigenvalue weighted by Gasteiger charge is -2.34. The van der Waals surface area contributed by atoms with E-state index in [1.807, 2.05) is 0 Å². The summed E-state index contributed by atoms with van der Waals surface area (Å²) in [7, 11) is -7.06. The number of nitrogens with zero attached hydrogens (tertiary/aromatic N) is 2. The van der Waals surface area contributed by atoms with Crippen LogP contribution in [0.1, 0.15) is 39.5 Å². The van der Waals surface area contributed by atoms with Crippen molar-refractivity contribution in [2.75, 3.05) is 31.2 Å². The number of rotatable bonds is 5. The molecule has 2 aliphatic heterocycles. The summed E-state index contributed by atoms with van der Waals surface area (Å²) in [4.78, 5) is 12.9. The van der Waals surface area contributed by atoms with E-state index in [1.54, 1.807) is 12.1 Å². The van der Waals surface area contributed by atoms with Gasteiger partial charge >= 0.3 is 0 Å². The van der Waals surface area contributed by atoms with E-state index < -0.39 is 32.0 Å². The lowest BCUT2D eigenvalue weighted by Crippen LogP contribution is -2.49. The average Bonchev–Trinajstić information content (AvgIpc) is 2.67. The van der Waals surface area contributed by atoms with Crippen LogP contribution in [0.4, 0.5) is 5.69 Å². The third kappa shape index (κ3) is 5.22. The van der Waals surface area contributed by atoms with Crippen LogP contribution in [0.2, 0.25) is 0 Å². The highest BCUT2D eigenvalue weighted by atomic mass is 32.2. The van der Waals surface area contributed by atoms with Crippen molar-refractivity contribution in [2.24, 2.45) is 11.8 Å². The van der Waals surface area contributed by atoms with Crippen LogP contribution in [-0.2, 0) is 24.8 Å². The van der Waals surface area contributed by atoms with Gasteiger partial charge in [0.2, 0.25) is 26.0 Å². The number of piperidine rings is 2. The zero-order valence-electron chi connectivity index (χ0n) is 17.7. The van der Waals surface area contributed by atoms with Crippen LogP contribution in [0.3, 0.4) is 0 Å². The Labute approximate surface area is 179 Å². The zero-order valence-corrected chi connectivity index (χ0v) is 19.4. The molecule has 2 heterocycles. The van der Waals surface area contributed by atoms with Gasteiger partial charge in [-0.25, -0.2) is 16.8 Å². The molecule has 0 saturated carbocycles. The minimum Gasteiger partial charge on any atom is -0.325 e. The molecule has 1 aromatic rings. The van der Waals surface area contributed by atoms with Gasteiger partial charge in [-0.15, -0.1) is 0 Å². The fourth-order valence-electron chi connectivity index (χ4n) is 4.45. The molecule has 2 fully saturated rings. The third-order valence-corrected chi connectivity index (χ3v) is 8.91. The Balaban J connectivity index is 1.72. The molecule has 10 heteroatoms. The molecule has 0 radical (unpaired) electrons. The average molecular weight is 458 g/mol. The molecule has 1 aromatic carbocycles. The summed E-state index contributed by atoms with van der Waals surface area (Å²) in [5.74, 6) is 0.236. The van der Waals surface area contributed by atoms with Crippen molar-refractivity contribution in [2.45, 2.75) is 50.5 Å². The number of carbonyl (C=O) groups excluding carboxylic acids is 1. The molecule has 168 valence electrons. The standard InChI is InChI=1S/C20H31N3O5S2/c1-15-12-16(2)14-22(13-15)30(27,28)18-9-7-17(8-10-18)21-20(24)19-6-4-5-11-23(19)29(3,25)26/h7-10,15-16,19H,4-6,11-14H2,1-3H3,(H,21,24). The Bertz CT molecular complexity index is 966. The van der Waals surface area contributed by atoms with Crippen LogP contribution in [0.5, 0.6) is 0 Å². The minimum atomic E-state index is -3.59. The number of hydrogen-bond donors (Lipinski definition) is 1. The van der Waals surface area contributed by atoms with Gasteiger partial charge in [-0.2, -0.15) is 8.61 Å². The van der Waals surface area contributed by atoms with E-state index in [-0.39, 0.29) is 4.90 Å². The maximum Gasteiger partial charge on any atom is 0.243 e. The number of nitrogens with one attached hydrogen (secondary N) is 1. The number of hydrogen-bond acceptors (Lipinski definition) is 5. The van der Waals surface area contributed by atoms with Crippen LogP contribution in [0, 0.1) is 11.8 Å². The Morgan fingerprint density at radius 1 is 1.00 bits per heavy atom. The second kappa shape index (κ2) is 8.94. The number of sulfonamides is 2. The Morgan fingerprint density at radius 3 is 2.17 bits per heavy atom. The first-order valence-electron chi connectivity index (χ1n) is 10.4. The van der Waals surface area contributed by atoms with Gasteiger partial charge in [0.1, 0.15) is 6.04 Å². The van der Waals surface area contributed by atoms with E-state index in [0.29, 0.717) is 43.6 Å². The Morgan fingerprint density at radius 2 is 1.60 bits per heavy atom. The van der Waals surface area contributed by atoms with E-state index in [9.17, 15) is 21.6 Å². The first-order valence-corrected chi connectivity index (χ1v) is 13.6. The Hall–Kier alpha value is -1.49. The van der Waals surface area contributed by atoms with Crippen molar-refractivity contribution in [1.82, 2.24) is 8.61 Å². The summed E-state index contributed by atoms with van der Waals surface area (Å²) in [6, 6.07) is 5.34. The summed E-state index contributed by atoms with van der Waals surface area (Å²) in [5.41, 5.74) is 0.443. The van der Waals surface area contributed by atoms with Gasteiger partial charge in [0.25, 0.3) is 0 Å². The molecule has 1 N–H and O–H groups in total. The van der Waals surface area contributed by atoms with Gasteiger partial charge in [0.15, 0.2) is 0 Å². The molecule has 3 unspecified atom stereocenters. The molecule has 8 nitrogen and oxygen atoms in total. The molecule has 1 amide bonds. The van der Waals surface area contributed by atoms with Gasteiger partial charge in [0.05, 0.1) is 11.2 Å². The maximum atomic E-state index is 13.0. The van der Waals surface area contributed by atoms with Gasteiger partial charge in [-0.3, -0.25) is 4.79 Å². The number of anilines is 1. The fourth-order valence-corrected chi connectivity index (χ4v) is 7.25. The molecule has 2 aliphatic rings. The van der Waals surface area contributed by atoms with Crippen molar-refractivity contribution < 1.29 is 21.6 Å². The molecule has 30 heavy (non-hydrogen) atoms. The smallest absolute Gasteiger partial charge is 0.243 e. The molecule has 3 atom stereocenters. The van der Waals surface area contributed by atoms with Crippen molar-refractivity contribution in [3.05, 3.63) is 24.3 Å². The normalized spacial score (nSPS) is 27.0. The largest absolute Gasteiger partial charge is 0.325 e. The van der Waals surface area contributed by atoms with Crippen LogP contribution >= 0.6 is 0 Å². The lowest BCUT2D eigenvalue weighted by atomic mass is 9.94. The SMILES string of the molecule is CC1CC(C)CN(S(=O)(=O)c2ccc(NC(=O)C3CCCCN3S(C)(=O)=O)cc2)C1. The first-order chi connectivity index (χ1) is 14.0. The second-order valence-corrected chi connectivity index (χ2v) is 12.5.